The predicted molar refractivity (Wildman–Crippen MR) is 47.1 cm³/mol. The molecule has 0 aromatic heterocycles. The molecule has 1 aromatic carbocycles. The first-order valence-corrected chi connectivity index (χ1v) is 4.19. The van der Waals surface area contributed by atoms with E-state index in [0.717, 1.165) is 0 Å². The molecule has 1 rings (SSSR count). The number of hydrogen-bond acceptors (Lipinski definition) is 2. The summed E-state index contributed by atoms with van der Waals surface area (Å²) in [6.07, 6.45) is 0. The number of carbonyl (C=O) groups is 2. The monoisotopic (exact) mass is 226 g/mol. The van der Waals surface area contributed by atoms with E-state index in [0.29, 0.717) is 5.56 Å². The van der Waals surface area contributed by atoms with Crippen LogP contribution in [0.1, 0.15) is 24.2 Å². The minimum absolute atomic E-state index is 0.167. The van der Waals surface area contributed by atoms with E-state index in [1.165, 1.54) is 13.8 Å². The number of ketones is 1. The summed E-state index contributed by atoms with van der Waals surface area (Å²) in [6, 6.07) is 8.82. The van der Waals surface area contributed by atoms with Gasteiger partial charge < -0.3 is 4.79 Å². The van der Waals surface area contributed by atoms with Crippen molar-refractivity contribution in [2.24, 2.45) is 0 Å². The Morgan fingerprint density at radius 3 is 1.69 bits per heavy atom. The van der Waals surface area contributed by atoms with Gasteiger partial charge in [-0.3, -0.25) is 0 Å². The zero-order valence-electron chi connectivity index (χ0n) is 7.50. The van der Waals surface area contributed by atoms with Crippen molar-refractivity contribution in [2.75, 3.05) is 0 Å². The number of Topliss-reactive ketones (excluding diaryl/α,β-unsaturated/α-hetero) is 1. The van der Waals surface area contributed by atoms with Gasteiger partial charge in [-0.25, -0.2) is 0 Å². The van der Waals surface area contributed by atoms with Gasteiger partial charge in [0.15, 0.2) is 0 Å². The Labute approximate surface area is 86.2 Å². The van der Waals surface area contributed by atoms with E-state index in [1.54, 1.807) is 24.3 Å². The molecule has 74 valence electrons. The molecule has 3 heteroatoms. The summed E-state index contributed by atoms with van der Waals surface area (Å²) in [5.41, 5.74) is 0.581. The van der Waals surface area contributed by atoms with Gasteiger partial charge in [-0.15, -0.1) is 0 Å². The molecule has 0 bridgehead atoms. The molecule has 0 aliphatic rings. The van der Waals surface area contributed by atoms with Gasteiger partial charge in [-0.2, -0.15) is 0 Å². The van der Waals surface area contributed by atoms with Crippen LogP contribution < -0.4 is 0 Å². The minimum atomic E-state index is -0.317. The Bertz CT molecular complexity index is 276. The van der Waals surface area contributed by atoms with Crippen LogP contribution in [-0.2, 0) is 20.8 Å². The van der Waals surface area contributed by atoms with E-state index < -0.39 is 0 Å². The van der Waals surface area contributed by atoms with E-state index in [-0.39, 0.29) is 10.5 Å². The Kier molecular flexibility index (Phi) is 6.11. The number of carbonyl (C=O) groups excluding carboxylic acids is 2. The summed E-state index contributed by atoms with van der Waals surface area (Å²) in [7, 11) is 0. The second kappa shape index (κ2) is 6.58. The zero-order chi connectivity index (χ0) is 10.3. The van der Waals surface area contributed by atoms with Crippen LogP contribution in [0.4, 0.5) is 0 Å². The molecule has 0 heterocycles. The van der Waals surface area contributed by atoms with Crippen molar-refractivity contribution in [3.8, 4) is 0 Å². The van der Waals surface area contributed by atoms with Crippen molar-refractivity contribution in [1.82, 2.24) is 0 Å². The maximum absolute atomic E-state index is 10.5. The Morgan fingerprint density at radius 2 is 1.46 bits per heavy atom. The fraction of sp³-hybridized carbons (Fsp3) is 0.200. The SMILES string of the molecule is CC(C)=O.O=[C]([Cu])c1ccccc1. The van der Waals surface area contributed by atoms with Crippen LogP contribution in [0.3, 0.4) is 0 Å². The van der Waals surface area contributed by atoms with Gasteiger partial charge in [0.25, 0.3) is 0 Å². The third-order valence-electron chi connectivity index (χ3n) is 0.979. The molecule has 0 amide bonds. The van der Waals surface area contributed by atoms with Crippen molar-refractivity contribution in [1.29, 1.82) is 0 Å². The van der Waals surface area contributed by atoms with E-state index in [1.807, 2.05) is 6.07 Å². The molecule has 0 spiro atoms. The van der Waals surface area contributed by atoms with Gasteiger partial charge >= 0.3 is 61.4 Å². The zero-order valence-corrected chi connectivity index (χ0v) is 8.45. The van der Waals surface area contributed by atoms with Crippen LogP contribution in [0.15, 0.2) is 30.3 Å². The molecule has 0 unspecified atom stereocenters. The molecule has 13 heavy (non-hydrogen) atoms. The standard InChI is InChI=1S/C7H5O.C3H6O.Cu/c8-6-7-4-2-1-3-5-7;1-3(2)4;/h1-5H;1-2H3;. The Hall–Kier alpha value is -0.921. The van der Waals surface area contributed by atoms with E-state index in [9.17, 15) is 9.59 Å². The van der Waals surface area contributed by atoms with Crippen LogP contribution in [0.2, 0.25) is 0 Å². The molecule has 2 nitrogen and oxygen atoms in total. The molecule has 0 aliphatic carbocycles. The van der Waals surface area contributed by atoms with Crippen LogP contribution in [-0.4, -0.2) is 10.5 Å². The molecule has 0 atom stereocenters. The average Bonchev–Trinajstić information content (AvgIpc) is 2.05. The van der Waals surface area contributed by atoms with Crippen molar-refractivity contribution in [3.63, 3.8) is 0 Å². The Balaban J connectivity index is 0.000000310. The van der Waals surface area contributed by atoms with Crippen molar-refractivity contribution in [3.05, 3.63) is 35.9 Å². The summed E-state index contributed by atoms with van der Waals surface area (Å²) < 4.78 is -0.317. The summed E-state index contributed by atoms with van der Waals surface area (Å²) in [5, 5.41) is 0. The van der Waals surface area contributed by atoms with Gasteiger partial charge in [0.1, 0.15) is 5.78 Å². The van der Waals surface area contributed by atoms with Crippen LogP contribution >= 0.6 is 0 Å². The molecular weight excluding hydrogens is 216 g/mol. The van der Waals surface area contributed by atoms with Gasteiger partial charge in [0.05, 0.1) is 0 Å². The number of benzene rings is 1. The molecule has 0 saturated carbocycles. The molecule has 0 N–H and O–H groups in total. The fourth-order valence-electron chi connectivity index (χ4n) is 0.556. The van der Waals surface area contributed by atoms with Gasteiger partial charge in [-0.1, -0.05) is 0 Å². The molecule has 1 aromatic rings. The topological polar surface area (TPSA) is 34.1 Å². The van der Waals surface area contributed by atoms with Gasteiger partial charge in [0, 0.05) is 0 Å². The molecule has 0 fully saturated rings. The van der Waals surface area contributed by atoms with Crippen LogP contribution in [0.5, 0.6) is 0 Å². The normalized spacial score (nSPS) is 8.31. The van der Waals surface area contributed by atoms with E-state index >= 15 is 0 Å². The molecule has 0 radical (unpaired) electrons. The average molecular weight is 227 g/mol. The first-order valence-electron chi connectivity index (χ1n) is 3.72. The van der Waals surface area contributed by atoms with Crippen molar-refractivity contribution >= 4 is 10.5 Å². The second-order valence-electron chi connectivity index (χ2n) is 2.51. The second-order valence-corrected chi connectivity index (χ2v) is 2.94. The molecule has 0 aliphatic heterocycles. The summed E-state index contributed by atoms with van der Waals surface area (Å²) in [5.74, 6) is 0.167. The summed E-state index contributed by atoms with van der Waals surface area (Å²) in [4.78, 5) is 19.9. The van der Waals surface area contributed by atoms with Crippen LogP contribution in [0.25, 0.3) is 0 Å². The molecular formula is C10H11CuO2. The maximum atomic E-state index is 10.5. The third-order valence-corrected chi connectivity index (χ3v) is 1.25. The quantitative estimate of drug-likeness (QED) is 0.687. The molecule has 0 saturated heterocycles. The van der Waals surface area contributed by atoms with Crippen molar-refractivity contribution < 1.29 is 25.6 Å². The first kappa shape index (κ1) is 12.1. The fourth-order valence-corrected chi connectivity index (χ4v) is 0.713. The predicted octanol–water partition coefficient (Wildman–Crippen LogP) is 1.97. The number of rotatable bonds is 1. The van der Waals surface area contributed by atoms with E-state index in [4.69, 9.17) is 0 Å². The Morgan fingerprint density at radius 1 is 1.08 bits per heavy atom. The third kappa shape index (κ3) is 7.44. The van der Waals surface area contributed by atoms with Crippen LogP contribution in [0, 0.1) is 0 Å². The number of hydrogen-bond donors (Lipinski definition) is 0. The van der Waals surface area contributed by atoms with E-state index in [2.05, 4.69) is 16.0 Å². The van der Waals surface area contributed by atoms with Crippen molar-refractivity contribution in [2.45, 2.75) is 13.8 Å². The first-order chi connectivity index (χ1) is 6.04. The summed E-state index contributed by atoms with van der Waals surface area (Å²) >= 11 is 4.55. The van der Waals surface area contributed by atoms with Gasteiger partial charge in [-0.05, 0) is 13.8 Å². The van der Waals surface area contributed by atoms with Gasteiger partial charge in [0.2, 0.25) is 0 Å². The summed E-state index contributed by atoms with van der Waals surface area (Å²) in [6.45, 7) is 3.06.